The first-order chi connectivity index (χ1) is 16.8. The Morgan fingerprint density at radius 3 is 2.31 bits per heavy atom. The molecular formula is C24H27FN2O7S. The van der Waals surface area contributed by atoms with Gasteiger partial charge in [-0.15, -0.1) is 0 Å². The SMILES string of the molecule is COc1cc(-c2cc(CN(C[C@H]3CCCO3)S(=O)(=O)c3ccc(F)cc3)no2)cc(OC)c1OC. The van der Waals surface area contributed by atoms with Crippen LogP contribution in [0.4, 0.5) is 4.39 Å². The summed E-state index contributed by atoms with van der Waals surface area (Å²) >= 11 is 0. The van der Waals surface area contributed by atoms with E-state index in [0.717, 1.165) is 25.0 Å². The van der Waals surface area contributed by atoms with Crippen LogP contribution in [0.1, 0.15) is 18.5 Å². The first-order valence-electron chi connectivity index (χ1n) is 11.0. The highest BCUT2D eigenvalue weighted by Crippen LogP contribution is 2.41. The van der Waals surface area contributed by atoms with Crippen LogP contribution in [0.15, 0.2) is 51.9 Å². The van der Waals surface area contributed by atoms with Crippen LogP contribution < -0.4 is 14.2 Å². The van der Waals surface area contributed by atoms with Crippen molar-refractivity contribution < 1.29 is 36.3 Å². The zero-order valence-corrected chi connectivity index (χ0v) is 20.5. The summed E-state index contributed by atoms with van der Waals surface area (Å²) in [6.45, 7) is 0.684. The van der Waals surface area contributed by atoms with E-state index in [2.05, 4.69) is 5.16 Å². The smallest absolute Gasteiger partial charge is 0.243 e. The average molecular weight is 507 g/mol. The van der Waals surface area contributed by atoms with Gasteiger partial charge in [-0.3, -0.25) is 0 Å². The summed E-state index contributed by atoms with van der Waals surface area (Å²) in [5.74, 6) is 1.21. The van der Waals surface area contributed by atoms with Crippen molar-refractivity contribution in [2.75, 3.05) is 34.5 Å². The van der Waals surface area contributed by atoms with Crippen molar-refractivity contribution in [1.29, 1.82) is 0 Å². The highest BCUT2D eigenvalue weighted by Gasteiger charge is 2.30. The summed E-state index contributed by atoms with van der Waals surface area (Å²) in [6, 6.07) is 9.82. The van der Waals surface area contributed by atoms with Crippen LogP contribution in [0.5, 0.6) is 17.2 Å². The maximum atomic E-state index is 13.4. The molecule has 0 amide bonds. The third kappa shape index (κ3) is 5.42. The summed E-state index contributed by atoms with van der Waals surface area (Å²) < 4.78 is 68.8. The van der Waals surface area contributed by atoms with Gasteiger partial charge < -0.3 is 23.5 Å². The Morgan fingerprint density at radius 1 is 1.06 bits per heavy atom. The topological polar surface area (TPSA) is 100 Å². The van der Waals surface area contributed by atoms with Gasteiger partial charge in [0, 0.05) is 24.8 Å². The summed E-state index contributed by atoms with van der Waals surface area (Å²) in [6.07, 6.45) is 1.39. The number of halogens is 1. The molecule has 2 heterocycles. The molecule has 0 N–H and O–H groups in total. The first-order valence-corrected chi connectivity index (χ1v) is 12.4. The Labute approximate surface area is 203 Å². The number of hydrogen-bond acceptors (Lipinski definition) is 8. The lowest BCUT2D eigenvalue weighted by atomic mass is 10.1. The summed E-state index contributed by atoms with van der Waals surface area (Å²) in [5.41, 5.74) is 1.02. The predicted octanol–water partition coefficient (Wildman–Crippen LogP) is 3.88. The molecule has 35 heavy (non-hydrogen) atoms. The second kappa shape index (κ2) is 10.6. The molecule has 4 rings (SSSR count). The molecule has 188 valence electrons. The fraction of sp³-hybridized carbons (Fsp3) is 0.375. The Morgan fingerprint density at radius 2 is 1.74 bits per heavy atom. The van der Waals surface area contributed by atoms with Gasteiger partial charge in [-0.2, -0.15) is 4.31 Å². The van der Waals surface area contributed by atoms with Gasteiger partial charge >= 0.3 is 0 Å². The lowest BCUT2D eigenvalue weighted by molar-refractivity contribution is 0.0922. The van der Waals surface area contributed by atoms with Gasteiger partial charge in [0.1, 0.15) is 5.82 Å². The second-order valence-corrected chi connectivity index (χ2v) is 9.92. The number of sulfonamides is 1. The van der Waals surface area contributed by atoms with E-state index >= 15 is 0 Å². The lowest BCUT2D eigenvalue weighted by Crippen LogP contribution is -2.37. The first kappa shape index (κ1) is 25.0. The van der Waals surface area contributed by atoms with Gasteiger partial charge in [-0.25, -0.2) is 12.8 Å². The number of benzene rings is 2. The Bertz CT molecular complexity index is 1230. The molecule has 0 unspecified atom stereocenters. The zero-order chi connectivity index (χ0) is 25.0. The third-order valence-corrected chi connectivity index (χ3v) is 7.56. The van der Waals surface area contributed by atoms with Gasteiger partial charge in [0.05, 0.1) is 44.6 Å². The molecule has 0 spiro atoms. The average Bonchev–Trinajstić information content (AvgIpc) is 3.55. The minimum absolute atomic E-state index is 0.00903. The number of methoxy groups -OCH3 is 3. The molecule has 1 aromatic heterocycles. The van der Waals surface area contributed by atoms with E-state index in [-0.39, 0.29) is 24.1 Å². The van der Waals surface area contributed by atoms with Gasteiger partial charge in [-0.1, -0.05) is 5.16 Å². The minimum Gasteiger partial charge on any atom is -0.493 e. The van der Waals surface area contributed by atoms with Crippen LogP contribution in [0.25, 0.3) is 11.3 Å². The molecule has 2 aromatic carbocycles. The van der Waals surface area contributed by atoms with Gasteiger partial charge in [0.2, 0.25) is 15.8 Å². The molecule has 0 aliphatic carbocycles. The molecular weight excluding hydrogens is 479 g/mol. The van der Waals surface area contributed by atoms with Crippen LogP contribution in [0.3, 0.4) is 0 Å². The van der Waals surface area contributed by atoms with Crippen molar-refractivity contribution in [3.63, 3.8) is 0 Å². The maximum Gasteiger partial charge on any atom is 0.243 e. The predicted molar refractivity (Wildman–Crippen MR) is 125 cm³/mol. The van der Waals surface area contributed by atoms with Gasteiger partial charge in [0.25, 0.3) is 0 Å². The zero-order valence-electron chi connectivity index (χ0n) is 19.7. The van der Waals surface area contributed by atoms with Crippen LogP contribution in [-0.4, -0.2) is 58.5 Å². The Hall–Kier alpha value is -3.15. The number of ether oxygens (including phenoxy) is 4. The molecule has 3 aromatic rings. The second-order valence-electron chi connectivity index (χ2n) is 7.98. The van der Waals surface area contributed by atoms with E-state index in [4.69, 9.17) is 23.5 Å². The van der Waals surface area contributed by atoms with Crippen molar-refractivity contribution in [2.45, 2.75) is 30.4 Å². The fourth-order valence-electron chi connectivity index (χ4n) is 3.95. The summed E-state index contributed by atoms with van der Waals surface area (Å²) in [4.78, 5) is -0.00903. The fourth-order valence-corrected chi connectivity index (χ4v) is 5.39. The van der Waals surface area contributed by atoms with Crippen LogP contribution in [0, 0.1) is 5.82 Å². The number of hydrogen-bond donors (Lipinski definition) is 0. The highest BCUT2D eigenvalue weighted by atomic mass is 32.2. The van der Waals surface area contributed by atoms with Crippen LogP contribution >= 0.6 is 0 Å². The molecule has 11 heteroatoms. The molecule has 1 aliphatic heterocycles. The van der Waals surface area contributed by atoms with Gasteiger partial charge in [-0.05, 0) is 49.2 Å². The Balaban J connectivity index is 1.64. The van der Waals surface area contributed by atoms with Crippen molar-refractivity contribution in [3.05, 3.63) is 54.0 Å². The van der Waals surface area contributed by atoms with Gasteiger partial charge in [0.15, 0.2) is 17.3 Å². The molecule has 0 radical (unpaired) electrons. The number of aromatic nitrogens is 1. The quantitative estimate of drug-likeness (QED) is 0.409. The van der Waals surface area contributed by atoms with Crippen molar-refractivity contribution in [3.8, 4) is 28.6 Å². The van der Waals surface area contributed by atoms with Crippen molar-refractivity contribution >= 4 is 10.0 Å². The monoisotopic (exact) mass is 506 g/mol. The maximum absolute atomic E-state index is 13.4. The van der Waals surface area contributed by atoms with E-state index in [9.17, 15) is 12.8 Å². The largest absolute Gasteiger partial charge is 0.493 e. The molecule has 9 nitrogen and oxygen atoms in total. The van der Waals surface area contributed by atoms with Crippen LogP contribution in [0.2, 0.25) is 0 Å². The van der Waals surface area contributed by atoms with Crippen molar-refractivity contribution in [1.82, 2.24) is 9.46 Å². The van der Waals surface area contributed by atoms with E-state index in [1.54, 1.807) is 18.2 Å². The summed E-state index contributed by atoms with van der Waals surface area (Å²) in [7, 11) is 0.590. The molecule has 1 atom stereocenters. The number of nitrogens with zero attached hydrogens (tertiary/aromatic N) is 2. The normalized spacial score (nSPS) is 16.0. The molecule has 0 bridgehead atoms. The Kier molecular flexibility index (Phi) is 7.58. The van der Waals surface area contributed by atoms with Crippen molar-refractivity contribution in [2.24, 2.45) is 0 Å². The van der Waals surface area contributed by atoms with Crippen LogP contribution in [-0.2, 0) is 21.3 Å². The molecule has 1 fully saturated rings. The van der Waals surface area contributed by atoms with E-state index in [1.807, 2.05) is 0 Å². The highest BCUT2D eigenvalue weighted by molar-refractivity contribution is 7.89. The lowest BCUT2D eigenvalue weighted by Gasteiger charge is -2.24. The minimum atomic E-state index is -3.94. The molecule has 1 aliphatic rings. The van der Waals surface area contributed by atoms with E-state index in [1.165, 1.54) is 37.8 Å². The van der Waals surface area contributed by atoms with E-state index < -0.39 is 15.8 Å². The summed E-state index contributed by atoms with van der Waals surface area (Å²) in [5, 5.41) is 4.09. The standard InChI is InChI=1S/C24H27FN2O7S/c1-30-22-11-16(12-23(31-2)24(22)32-3)21-13-18(26-34-21)14-27(15-19-5-4-10-33-19)35(28,29)20-8-6-17(25)7-9-20/h6-9,11-13,19H,4-5,10,14-15H2,1-3H3/t19-/m1/s1. The molecule has 0 saturated carbocycles. The number of rotatable bonds is 10. The third-order valence-electron chi connectivity index (χ3n) is 5.73. The van der Waals surface area contributed by atoms with E-state index in [0.29, 0.717) is 40.9 Å². The molecule has 1 saturated heterocycles.